The van der Waals surface area contributed by atoms with E-state index in [1.807, 2.05) is 0 Å². The van der Waals surface area contributed by atoms with Crippen LogP contribution in [0.3, 0.4) is 0 Å². The number of ether oxygens (including phenoxy) is 1. The second kappa shape index (κ2) is 8.11. The minimum absolute atomic E-state index is 0.0393. The molecule has 1 amide bonds. The number of anilines is 1. The Bertz CT molecular complexity index is 967. The van der Waals surface area contributed by atoms with Crippen molar-refractivity contribution in [2.24, 2.45) is 0 Å². The van der Waals surface area contributed by atoms with Gasteiger partial charge in [0.25, 0.3) is 5.91 Å². The summed E-state index contributed by atoms with van der Waals surface area (Å²) in [4.78, 5) is 12.2. The van der Waals surface area contributed by atoms with Crippen LogP contribution >= 0.6 is 23.2 Å². The van der Waals surface area contributed by atoms with Crippen LogP contribution in [0.5, 0.6) is 5.75 Å². The summed E-state index contributed by atoms with van der Waals surface area (Å²) in [7, 11) is 0. The minimum Gasteiger partial charge on any atom is -0.468 e. The molecular weight excluding hydrogens is 422 g/mol. The van der Waals surface area contributed by atoms with E-state index in [2.05, 4.69) is 15.5 Å². The maximum atomic E-state index is 12.3. The summed E-state index contributed by atoms with van der Waals surface area (Å²) < 4.78 is 44.5. The van der Waals surface area contributed by atoms with Gasteiger partial charge in [-0.2, -0.15) is 23.4 Å². The number of carbonyl (C=O) groups excluding carboxylic acids is 1. The number of aromatic nitrogens is 4. The number of para-hydroxylation sites is 1. The lowest BCUT2D eigenvalue weighted by atomic mass is 10.3. The van der Waals surface area contributed by atoms with Gasteiger partial charge in [0.15, 0.2) is 18.2 Å². The van der Waals surface area contributed by atoms with Crippen molar-refractivity contribution >= 4 is 34.8 Å². The first-order valence-electron chi connectivity index (χ1n) is 7.72. The highest BCUT2D eigenvalue weighted by atomic mass is 35.5. The summed E-state index contributed by atoms with van der Waals surface area (Å²) in [5.41, 5.74) is 0.153. The fourth-order valence-electron chi connectivity index (χ4n) is 2.20. The average molecular weight is 434 g/mol. The predicted octanol–water partition coefficient (Wildman–Crippen LogP) is 4.24. The van der Waals surface area contributed by atoms with E-state index in [1.54, 1.807) is 18.2 Å². The Morgan fingerprint density at radius 1 is 1.18 bits per heavy atom. The van der Waals surface area contributed by atoms with Crippen LogP contribution in [0.4, 0.5) is 18.9 Å². The molecule has 0 radical (unpaired) electrons. The molecule has 148 valence electrons. The third kappa shape index (κ3) is 5.17. The molecule has 0 fully saturated rings. The van der Waals surface area contributed by atoms with Crippen molar-refractivity contribution in [3.8, 4) is 5.75 Å². The molecule has 0 aliphatic heterocycles. The highest BCUT2D eigenvalue weighted by Crippen LogP contribution is 2.32. The Morgan fingerprint density at radius 3 is 2.57 bits per heavy atom. The van der Waals surface area contributed by atoms with Gasteiger partial charge in [0.05, 0.1) is 21.9 Å². The van der Waals surface area contributed by atoms with E-state index in [1.165, 1.54) is 16.9 Å². The number of nitrogens with zero attached hydrogens (tertiary/aromatic N) is 4. The molecule has 0 atom stereocenters. The number of halogens is 5. The van der Waals surface area contributed by atoms with Gasteiger partial charge in [0, 0.05) is 12.4 Å². The van der Waals surface area contributed by atoms with Crippen LogP contribution in [0.25, 0.3) is 0 Å². The average Bonchev–Trinajstić information content (AvgIpc) is 3.22. The zero-order valence-corrected chi connectivity index (χ0v) is 15.5. The molecule has 0 spiro atoms. The van der Waals surface area contributed by atoms with E-state index in [9.17, 15) is 18.0 Å². The van der Waals surface area contributed by atoms with Crippen molar-refractivity contribution in [2.75, 3.05) is 5.32 Å². The monoisotopic (exact) mass is 433 g/mol. The normalized spacial score (nSPS) is 11.5. The zero-order valence-electron chi connectivity index (χ0n) is 14.0. The molecule has 3 aromatic rings. The van der Waals surface area contributed by atoms with Gasteiger partial charge < -0.3 is 10.1 Å². The van der Waals surface area contributed by atoms with Gasteiger partial charge in [0.2, 0.25) is 0 Å². The minimum atomic E-state index is -4.41. The standard InChI is InChI=1S/C16H12Cl2F3N5O2/c17-11-2-1-3-12(18)14(11)28-9-25-5-4-13(24-25)15(27)23-10-6-22-26(7-10)8-16(19,20)21/h1-7H,8-9H2,(H,23,27). The fourth-order valence-corrected chi connectivity index (χ4v) is 2.71. The lowest BCUT2D eigenvalue weighted by Gasteiger charge is -2.09. The molecule has 28 heavy (non-hydrogen) atoms. The maximum absolute atomic E-state index is 12.3. The van der Waals surface area contributed by atoms with Crippen molar-refractivity contribution in [1.82, 2.24) is 19.6 Å². The summed E-state index contributed by atoms with van der Waals surface area (Å²) in [5, 5.41) is 10.7. The zero-order chi connectivity index (χ0) is 20.3. The van der Waals surface area contributed by atoms with Crippen LogP contribution in [0.15, 0.2) is 42.9 Å². The van der Waals surface area contributed by atoms with Crippen LogP contribution in [-0.2, 0) is 13.3 Å². The first-order valence-corrected chi connectivity index (χ1v) is 8.48. The number of hydrogen-bond acceptors (Lipinski definition) is 4. The predicted molar refractivity (Wildman–Crippen MR) is 95.6 cm³/mol. The molecular formula is C16H12Cl2F3N5O2. The molecule has 1 aromatic carbocycles. The molecule has 3 rings (SSSR count). The van der Waals surface area contributed by atoms with Gasteiger partial charge in [-0.25, -0.2) is 4.68 Å². The summed E-state index contributed by atoms with van der Waals surface area (Å²) >= 11 is 12.0. The molecule has 0 bridgehead atoms. The SMILES string of the molecule is O=C(Nc1cnn(CC(F)(F)F)c1)c1ccn(COc2c(Cl)cccc2Cl)n1. The summed E-state index contributed by atoms with van der Waals surface area (Å²) in [6.07, 6.45) is -0.725. The molecule has 0 unspecified atom stereocenters. The van der Waals surface area contributed by atoms with E-state index in [0.717, 1.165) is 12.4 Å². The first-order chi connectivity index (χ1) is 13.2. The molecule has 1 N–H and O–H groups in total. The van der Waals surface area contributed by atoms with Gasteiger partial charge >= 0.3 is 6.18 Å². The lowest BCUT2D eigenvalue weighted by molar-refractivity contribution is -0.142. The summed E-state index contributed by atoms with van der Waals surface area (Å²) in [6.45, 7) is -1.31. The summed E-state index contributed by atoms with van der Waals surface area (Å²) in [5.74, 6) is -0.328. The van der Waals surface area contributed by atoms with Gasteiger partial charge in [-0.05, 0) is 18.2 Å². The van der Waals surface area contributed by atoms with Crippen molar-refractivity contribution < 1.29 is 22.7 Å². The number of hydrogen-bond donors (Lipinski definition) is 1. The smallest absolute Gasteiger partial charge is 0.408 e. The van der Waals surface area contributed by atoms with E-state index in [-0.39, 0.29) is 23.9 Å². The van der Waals surface area contributed by atoms with Crippen LogP contribution in [0.2, 0.25) is 10.0 Å². The van der Waals surface area contributed by atoms with Crippen LogP contribution in [0.1, 0.15) is 10.5 Å². The first kappa shape index (κ1) is 20.0. The molecule has 12 heteroatoms. The van der Waals surface area contributed by atoms with E-state index < -0.39 is 18.6 Å². The highest BCUT2D eigenvalue weighted by molar-refractivity contribution is 6.37. The topological polar surface area (TPSA) is 74.0 Å². The van der Waals surface area contributed by atoms with Gasteiger partial charge in [-0.3, -0.25) is 9.48 Å². The Labute approximate surface area is 166 Å². The van der Waals surface area contributed by atoms with Crippen molar-refractivity contribution in [3.05, 3.63) is 58.6 Å². The quantitative estimate of drug-likeness (QED) is 0.630. The molecule has 0 aliphatic rings. The second-order valence-corrected chi connectivity index (χ2v) is 6.37. The van der Waals surface area contributed by atoms with Crippen molar-refractivity contribution in [2.45, 2.75) is 19.5 Å². The number of alkyl halides is 3. The van der Waals surface area contributed by atoms with Crippen molar-refractivity contribution in [3.63, 3.8) is 0 Å². The Balaban J connectivity index is 1.60. The highest BCUT2D eigenvalue weighted by Gasteiger charge is 2.28. The van der Waals surface area contributed by atoms with Gasteiger partial charge in [0.1, 0.15) is 6.54 Å². The number of carbonyl (C=O) groups is 1. The molecule has 0 saturated carbocycles. The Kier molecular flexibility index (Phi) is 5.80. The molecule has 2 aromatic heterocycles. The van der Waals surface area contributed by atoms with Crippen LogP contribution in [0, 0.1) is 0 Å². The van der Waals surface area contributed by atoms with Crippen molar-refractivity contribution in [1.29, 1.82) is 0 Å². The Morgan fingerprint density at radius 2 is 1.89 bits per heavy atom. The fraction of sp³-hybridized carbons (Fsp3) is 0.188. The van der Waals surface area contributed by atoms with E-state index >= 15 is 0 Å². The lowest BCUT2D eigenvalue weighted by Crippen LogP contribution is -2.18. The van der Waals surface area contributed by atoms with Crippen LogP contribution < -0.4 is 10.1 Å². The molecule has 0 aliphatic carbocycles. The third-order valence-electron chi connectivity index (χ3n) is 3.37. The number of rotatable bonds is 6. The van der Waals surface area contributed by atoms with Crippen LogP contribution in [-0.4, -0.2) is 31.6 Å². The van der Waals surface area contributed by atoms with E-state index in [4.69, 9.17) is 27.9 Å². The maximum Gasteiger partial charge on any atom is 0.408 e. The molecule has 2 heterocycles. The number of nitrogens with one attached hydrogen (secondary N) is 1. The Hall–Kier alpha value is -2.72. The van der Waals surface area contributed by atoms with Gasteiger partial charge in [-0.15, -0.1) is 0 Å². The molecule has 7 nitrogen and oxygen atoms in total. The number of amides is 1. The van der Waals surface area contributed by atoms with Gasteiger partial charge in [-0.1, -0.05) is 29.3 Å². The molecule has 0 saturated heterocycles. The second-order valence-electron chi connectivity index (χ2n) is 5.56. The largest absolute Gasteiger partial charge is 0.468 e. The third-order valence-corrected chi connectivity index (χ3v) is 3.96. The van der Waals surface area contributed by atoms with E-state index in [0.29, 0.717) is 14.7 Å². The summed E-state index contributed by atoms with van der Waals surface area (Å²) in [6, 6.07) is 6.32. The number of benzene rings is 1.